The first-order valence-corrected chi connectivity index (χ1v) is 2.83. The van der Waals surface area contributed by atoms with Crippen molar-refractivity contribution in [1.29, 1.82) is 0 Å². The fraction of sp³-hybridized carbons (Fsp3) is 0.800. The molecule has 9 heavy (non-hydrogen) atoms. The molecule has 0 bridgehead atoms. The fourth-order valence-corrected chi connectivity index (χ4v) is 0.770. The number of carbonyl (C=O) groups is 1. The molecule has 4 heteroatoms. The van der Waals surface area contributed by atoms with Gasteiger partial charge in [-0.2, -0.15) is 0 Å². The number of nitrogens with two attached hydrogens (primary N) is 1. The highest BCUT2D eigenvalue weighted by molar-refractivity contribution is 5.64. The Labute approximate surface area is 52.9 Å². The SMILES string of the molecule is NC(=O)O[C@H]1CCOC1. The molecule has 0 saturated carbocycles. The molecule has 1 amide bonds. The van der Waals surface area contributed by atoms with E-state index in [-0.39, 0.29) is 6.10 Å². The van der Waals surface area contributed by atoms with E-state index < -0.39 is 6.09 Å². The summed E-state index contributed by atoms with van der Waals surface area (Å²) in [5.41, 5.74) is 4.76. The largest absolute Gasteiger partial charge is 0.444 e. The van der Waals surface area contributed by atoms with Crippen LogP contribution in [0.25, 0.3) is 0 Å². The van der Waals surface area contributed by atoms with E-state index in [0.29, 0.717) is 13.2 Å². The highest BCUT2D eigenvalue weighted by Gasteiger charge is 2.17. The molecule has 4 nitrogen and oxygen atoms in total. The molecule has 0 aromatic carbocycles. The van der Waals surface area contributed by atoms with Crippen molar-refractivity contribution in [2.24, 2.45) is 5.73 Å². The first-order chi connectivity index (χ1) is 4.29. The van der Waals surface area contributed by atoms with Crippen LogP contribution in [0.2, 0.25) is 0 Å². The molecule has 52 valence electrons. The van der Waals surface area contributed by atoms with Gasteiger partial charge in [0.15, 0.2) is 0 Å². The van der Waals surface area contributed by atoms with E-state index in [9.17, 15) is 4.79 Å². The predicted octanol–water partition coefficient (Wildman–Crippen LogP) is -0.129. The molecular formula is C5H9NO3. The van der Waals surface area contributed by atoms with E-state index in [0.717, 1.165) is 6.42 Å². The lowest BCUT2D eigenvalue weighted by atomic mass is 10.3. The van der Waals surface area contributed by atoms with Gasteiger partial charge in [0.1, 0.15) is 6.10 Å². The van der Waals surface area contributed by atoms with Crippen molar-refractivity contribution in [1.82, 2.24) is 0 Å². The Balaban J connectivity index is 2.19. The average molecular weight is 131 g/mol. The normalized spacial score (nSPS) is 26.0. The Morgan fingerprint density at radius 3 is 3.00 bits per heavy atom. The molecule has 1 rings (SSSR count). The van der Waals surface area contributed by atoms with E-state index in [1.807, 2.05) is 0 Å². The second-order valence-corrected chi connectivity index (χ2v) is 1.92. The number of primary amides is 1. The van der Waals surface area contributed by atoms with Gasteiger partial charge in [-0.1, -0.05) is 0 Å². The maximum absolute atomic E-state index is 10.1. The smallest absolute Gasteiger partial charge is 0.404 e. The third-order valence-corrected chi connectivity index (χ3v) is 1.17. The maximum Gasteiger partial charge on any atom is 0.404 e. The number of amides is 1. The average Bonchev–Trinajstić information content (AvgIpc) is 2.15. The zero-order valence-corrected chi connectivity index (χ0v) is 5.00. The molecule has 1 fully saturated rings. The van der Waals surface area contributed by atoms with Crippen LogP contribution in [0.1, 0.15) is 6.42 Å². The Morgan fingerprint density at radius 1 is 1.78 bits per heavy atom. The summed E-state index contributed by atoms with van der Waals surface area (Å²) in [4.78, 5) is 10.1. The highest BCUT2D eigenvalue weighted by Crippen LogP contribution is 2.06. The lowest BCUT2D eigenvalue weighted by Gasteiger charge is -2.05. The van der Waals surface area contributed by atoms with Crippen LogP contribution in [-0.4, -0.2) is 25.4 Å². The van der Waals surface area contributed by atoms with Crippen molar-refractivity contribution in [2.45, 2.75) is 12.5 Å². The lowest BCUT2D eigenvalue weighted by Crippen LogP contribution is -2.22. The van der Waals surface area contributed by atoms with Gasteiger partial charge in [0.2, 0.25) is 0 Å². The zero-order valence-electron chi connectivity index (χ0n) is 5.00. The van der Waals surface area contributed by atoms with Crippen LogP contribution in [0, 0.1) is 0 Å². The monoisotopic (exact) mass is 131 g/mol. The summed E-state index contributed by atoms with van der Waals surface area (Å²) in [6, 6.07) is 0. The van der Waals surface area contributed by atoms with E-state index >= 15 is 0 Å². The Hall–Kier alpha value is -0.770. The molecule has 1 aliphatic rings. The van der Waals surface area contributed by atoms with Gasteiger partial charge in [-0.3, -0.25) is 0 Å². The number of ether oxygens (including phenoxy) is 2. The second-order valence-electron chi connectivity index (χ2n) is 1.92. The van der Waals surface area contributed by atoms with Crippen LogP contribution in [0.5, 0.6) is 0 Å². The van der Waals surface area contributed by atoms with E-state index in [2.05, 4.69) is 4.74 Å². The van der Waals surface area contributed by atoms with Crippen molar-refractivity contribution >= 4 is 6.09 Å². The quantitative estimate of drug-likeness (QED) is 0.539. The topological polar surface area (TPSA) is 61.6 Å². The molecule has 0 unspecified atom stereocenters. The summed E-state index contributed by atoms with van der Waals surface area (Å²) in [5.74, 6) is 0. The molecule has 1 aliphatic heterocycles. The Morgan fingerprint density at radius 2 is 2.56 bits per heavy atom. The van der Waals surface area contributed by atoms with Crippen molar-refractivity contribution < 1.29 is 14.3 Å². The van der Waals surface area contributed by atoms with Crippen molar-refractivity contribution in [3.63, 3.8) is 0 Å². The number of hydrogen-bond donors (Lipinski definition) is 1. The van der Waals surface area contributed by atoms with Crippen molar-refractivity contribution in [2.75, 3.05) is 13.2 Å². The number of hydrogen-bond acceptors (Lipinski definition) is 3. The van der Waals surface area contributed by atoms with Gasteiger partial charge >= 0.3 is 6.09 Å². The summed E-state index contributed by atoms with van der Waals surface area (Å²) >= 11 is 0. The standard InChI is InChI=1S/C5H9NO3/c6-5(7)9-4-1-2-8-3-4/h4H,1-3H2,(H2,6,7)/t4-/m0/s1. The van der Waals surface area contributed by atoms with Gasteiger partial charge in [0.05, 0.1) is 13.2 Å². The second kappa shape index (κ2) is 2.68. The molecule has 0 aliphatic carbocycles. The molecule has 1 atom stereocenters. The van der Waals surface area contributed by atoms with Crippen LogP contribution in [0.3, 0.4) is 0 Å². The van der Waals surface area contributed by atoms with Gasteiger partial charge in [-0.25, -0.2) is 4.79 Å². The summed E-state index contributed by atoms with van der Waals surface area (Å²) in [5, 5.41) is 0. The zero-order chi connectivity index (χ0) is 6.69. The summed E-state index contributed by atoms with van der Waals surface area (Å²) in [6.45, 7) is 1.15. The predicted molar refractivity (Wildman–Crippen MR) is 29.9 cm³/mol. The van der Waals surface area contributed by atoms with Crippen LogP contribution < -0.4 is 5.73 Å². The first-order valence-electron chi connectivity index (χ1n) is 2.83. The molecule has 2 N–H and O–H groups in total. The highest BCUT2D eigenvalue weighted by atomic mass is 16.6. The summed E-state index contributed by atoms with van der Waals surface area (Å²) in [7, 11) is 0. The minimum atomic E-state index is -0.717. The third kappa shape index (κ3) is 1.89. The number of carbonyl (C=O) groups excluding carboxylic acids is 1. The fourth-order valence-electron chi connectivity index (χ4n) is 0.770. The molecule has 0 aromatic rings. The summed E-state index contributed by atoms with van der Waals surface area (Å²) < 4.78 is 9.55. The van der Waals surface area contributed by atoms with Gasteiger partial charge < -0.3 is 15.2 Å². The van der Waals surface area contributed by atoms with Crippen LogP contribution in [0.4, 0.5) is 4.79 Å². The van der Waals surface area contributed by atoms with Gasteiger partial charge in [0.25, 0.3) is 0 Å². The van der Waals surface area contributed by atoms with Crippen molar-refractivity contribution in [3.05, 3.63) is 0 Å². The summed E-state index contributed by atoms with van der Waals surface area (Å²) in [6.07, 6.45) is -0.0591. The molecule has 0 radical (unpaired) electrons. The van der Waals surface area contributed by atoms with E-state index in [4.69, 9.17) is 10.5 Å². The molecule has 0 spiro atoms. The van der Waals surface area contributed by atoms with E-state index in [1.165, 1.54) is 0 Å². The van der Waals surface area contributed by atoms with Gasteiger partial charge in [-0.15, -0.1) is 0 Å². The van der Waals surface area contributed by atoms with Crippen molar-refractivity contribution in [3.8, 4) is 0 Å². The molecule has 1 saturated heterocycles. The van der Waals surface area contributed by atoms with Gasteiger partial charge in [-0.05, 0) is 0 Å². The van der Waals surface area contributed by atoms with Gasteiger partial charge in [0, 0.05) is 6.42 Å². The van der Waals surface area contributed by atoms with Crippen LogP contribution in [0.15, 0.2) is 0 Å². The molecular weight excluding hydrogens is 122 g/mol. The Bertz CT molecular complexity index is 109. The van der Waals surface area contributed by atoms with Crippen LogP contribution in [-0.2, 0) is 9.47 Å². The van der Waals surface area contributed by atoms with Crippen LogP contribution >= 0.6 is 0 Å². The maximum atomic E-state index is 10.1. The number of rotatable bonds is 1. The minimum Gasteiger partial charge on any atom is -0.444 e. The third-order valence-electron chi connectivity index (χ3n) is 1.17. The first kappa shape index (κ1) is 6.35. The minimum absolute atomic E-state index is 0.109. The molecule has 0 aromatic heterocycles. The molecule has 1 heterocycles. The lowest BCUT2D eigenvalue weighted by molar-refractivity contribution is 0.0900. The van der Waals surface area contributed by atoms with E-state index in [1.54, 1.807) is 0 Å². The Kier molecular flexibility index (Phi) is 1.89.